The van der Waals surface area contributed by atoms with E-state index in [9.17, 15) is 28.4 Å². The molecule has 36 heavy (non-hydrogen) atoms. The number of fused-ring (bicyclic) bond motifs is 3. The number of nitrogens with zero attached hydrogens (tertiary/aromatic N) is 3. The highest BCUT2D eigenvalue weighted by Crippen LogP contribution is 2.49. The van der Waals surface area contributed by atoms with Crippen LogP contribution < -0.4 is 16.0 Å². The maximum Gasteiger partial charge on any atom is 0.255 e. The van der Waals surface area contributed by atoms with Crippen molar-refractivity contribution in [3.8, 4) is 6.07 Å². The van der Waals surface area contributed by atoms with E-state index >= 15 is 0 Å². The number of nitrogens with one attached hydrogen (secondary N) is 3. The summed E-state index contributed by atoms with van der Waals surface area (Å²) < 4.78 is 29.8. The van der Waals surface area contributed by atoms with Crippen LogP contribution in [0.25, 0.3) is 0 Å². The van der Waals surface area contributed by atoms with Gasteiger partial charge in [0.25, 0.3) is 5.92 Å². The van der Waals surface area contributed by atoms with Gasteiger partial charge in [-0.05, 0) is 45.1 Å². The van der Waals surface area contributed by atoms with Gasteiger partial charge in [-0.25, -0.2) is 8.78 Å². The quantitative estimate of drug-likeness (QED) is 0.505. The topological polar surface area (TPSA) is 127 Å². The molecule has 4 fully saturated rings. The summed E-state index contributed by atoms with van der Waals surface area (Å²) in [6.07, 6.45) is 4.30. The third kappa shape index (κ3) is 5.38. The van der Waals surface area contributed by atoms with Gasteiger partial charge in [0, 0.05) is 31.1 Å². The summed E-state index contributed by atoms with van der Waals surface area (Å²) in [4.78, 5) is 44.2. The Balaban J connectivity index is 1.52. The summed E-state index contributed by atoms with van der Waals surface area (Å²) in [5, 5.41) is 18.3. The van der Waals surface area contributed by atoms with Crippen molar-refractivity contribution in [2.45, 2.75) is 75.5 Å². The molecule has 3 aliphatic heterocycles. The van der Waals surface area contributed by atoms with Gasteiger partial charge in [-0.1, -0.05) is 11.6 Å². The maximum atomic E-state index is 14.9. The normalized spacial score (nSPS) is 28.4. The zero-order valence-corrected chi connectivity index (χ0v) is 20.6. The molecule has 6 atom stereocenters. The number of pyridine rings is 1. The molecule has 1 aromatic rings. The van der Waals surface area contributed by atoms with Crippen LogP contribution >= 0.6 is 11.6 Å². The molecule has 9 nitrogen and oxygen atoms in total. The Morgan fingerprint density at radius 1 is 1.36 bits per heavy atom. The van der Waals surface area contributed by atoms with Gasteiger partial charge in [0.15, 0.2) is 0 Å². The Morgan fingerprint density at radius 3 is 2.81 bits per heavy atom. The van der Waals surface area contributed by atoms with Crippen LogP contribution in [-0.2, 0) is 14.4 Å². The molecule has 5 rings (SSSR count). The monoisotopic (exact) mass is 522 g/mol. The summed E-state index contributed by atoms with van der Waals surface area (Å²) in [6, 6.07) is -0.547. The van der Waals surface area contributed by atoms with Crippen LogP contribution in [0.5, 0.6) is 0 Å². The standard InChI is InChI=1S/C24H29ClF2N6O3/c1-13(31-17-8-15(25)11-29-12-17)23(36)33-18-4-5-19(24(26,27)9-18)20(33)22(35)32-16(10-28)7-14-3-2-6-30-21(14)34/h8,11-14,16,18-20,31H,2-7,9H2,1H3,(H,30,34)(H,32,35)/t13-,14+,16-,18-,19-,20-/m0/s1. The minimum atomic E-state index is -3.11. The molecular formula is C24H29ClF2N6O3. The predicted octanol–water partition coefficient (Wildman–Crippen LogP) is 2.47. The summed E-state index contributed by atoms with van der Waals surface area (Å²) in [5.41, 5.74) is 0.479. The van der Waals surface area contributed by atoms with Crippen molar-refractivity contribution in [2.75, 3.05) is 11.9 Å². The molecule has 0 aromatic carbocycles. The van der Waals surface area contributed by atoms with Crippen molar-refractivity contribution < 1.29 is 23.2 Å². The van der Waals surface area contributed by atoms with Crippen LogP contribution in [0.4, 0.5) is 14.5 Å². The number of carbonyl (C=O) groups is 3. The molecule has 1 aromatic heterocycles. The number of hydrogen-bond donors (Lipinski definition) is 3. The molecule has 3 N–H and O–H groups in total. The molecule has 0 spiro atoms. The first-order valence-corrected chi connectivity index (χ1v) is 12.5. The van der Waals surface area contributed by atoms with Crippen molar-refractivity contribution in [3.05, 3.63) is 23.5 Å². The van der Waals surface area contributed by atoms with Gasteiger partial charge < -0.3 is 20.9 Å². The number of carbonyl (C=O) groups excluding carboxylic acids is 3. The molecule has 4 aliphatic rings. The van der Waals surface area contributed by atoms with Crippen LogP contribution in [0.15, 0.2) is 18.5 Å². The lowest BCUT2D eigenvalue weighted by atomic mass is 9.71. The van der Waals surface area contributed by atoms with E-state index in [1.165, 1.54) is 17.3 Å². The lowest BCUT2D eigenvalue weighted by Gasteiger charge is -2.54. The van der Waals surface area contributed by atoms with Gasteiger partial charge in [0.2, 0.25) is 17.7 Å². The molecule has 3 saturated heterocycles. The molecule has 4 heterocycles. The minimum absolute atomic E-state index is 0.0823. The third-order valence-corrected chi connectivity index (χ3v) is 7.52. The Labute approximate surface area is 212 Å². The summed E-state index contributed by atoms with van der Waals surface area (Å²) in [5.74, 6) is -6.39. The molecular weight excluding hydrogens is 494 g/mol. The second-order valence-electron chi connectivity index (χ2n) is 9.81. The van der Waals surface area contributed by atoms with Crippen molar-refractivity contribution in [3.63, 3.8) is 0 Å². The predicted molar refractivity (Wildman–Crippen MR) is 127 cm³/mol. The van der Waals surface area contributed by atoms with Gasteiger partial charge in [0.1, 0.15) is 18.1 Å². The molecule has 0 radical (unpaired) electrons. The van der Waals surface area contributed by atoms with E-state index in [2.05, 4.69) is 20.9 Å². The van der Waals surface area contributed by atoms with Crippen molar-refractivity contribution in [1.82, 2.24) is 20.5 Å². The average molecular weight is 523 g/mol. The van der Waals surface area contributed by atoms with Crippen LogP contribution in [0, 0.1) is 23.2 Å². The second kappa shape index (κ2) is 10.5. The Hall–Kier alpha value is -3.00. The fourth-order valence-electron chi connectivity index (χ4n) is 5.60. The lowest BCUT2D eigenvalue weighted by molar-refractivity contribution is -0.194. The molecule has 3 amide bonds. The van der Waals surface area contributed by atoms with E-state index < -0.39 is 60.2 Å². The number of halogens is 3. The van der Waals surface area contributed by atoms with Gasteiger partial charge in [-0.15, -0.1) is 0 Å². The van der Waals surface area contributed by atoms with Gasteiger partial charge in [-0.3, -0.25) is 19.4 Å². The summed E-state index contributed by atoms with van der Waals surface area (Å²) in [7, 11) is 0. The first-order chi connectivity index (χ1) is 17.1. The third-order valence-electron chi connectivity index (χ3n) is 7.31. The number of amides is 3. The first kappa shape index (κ1) is 26.1. The zero-order chi connectivity index (χ0) is 26.0. The van der Waals surface area contributed by atoms with E-state index in [0.717, 1.165) is 6.42 Å². The van der Waals surface area contributed by atoms with Crippen molar-refractivity contribution in [1.29, 1.82) is 5.26 Å². The largest absolute Gasteiger partial charge is 0.373 e. The van der Waals surface area contributed by atoms with E-state index in [0.29, 0.717) is 30.1 Å². The van der Waals surface area contributed by atoms with Crippen LogP contribution in [0.2, 0.25) is 5.02 Å². The van der Waals surface area contributed by atoms with Gasteiger partial charge in [-0.2, -0.15) is 5.26 Å². The number of nitriles is 1. The van der Waals surface area contributed by atoms with Crippen LogP contribution in [-0.4, -0.2) is 64.2 Å². The van der Waals surface area contributed by atoms with Gasteiger partial charge in [0.05, 0.1) is 28.9 Å². The van der Waals surface area contributed by atoms with Crippen molar-refractivity contribution in [2.24, 2.45) is 11.8 Å². The van der Waals surface area contributed by atoms with Gasteiger partial charge >= 0.3 is 0 Å². The minimum Gasteiger partial charge on any atom is -0.373 e. The van der Waals surface area contributed by atoms with Crippen LogP contribution in [0.1, 0.15) is 45.4 Å². The molecule has 1 saturated carbocycles. The molecule has 194 valence electrons. The van der Waals surface area contributed by atoms with E-state index in [-0.39, 0.29) is 18.7 Å². The maximum absolute atomic E-state index is 14.9. The second-order valence-corrected chi connectivity index (χ2v) is 10.2. The number of anilines is 1. The Morgan fingerprint density at radius 2 is 2.14 bits per heavy atom. The smallest absolute Gasteiger partial charge is 0.255 e. The summed E-state index contributed by atoms with van der Waals surface area (Å²) >= 11 is 5.96. The molecule has 1 aliphatic carbocycles. The number of hydrogen-bond acceptors (Lipinski definition) is 6. The van der Waals surface area contributed by atoms with Crippen molar-refractivity contribution >= 4 is 35.0 Å². The van der Waals surface area contributed by atoms with E-state index in [1.807, 2.05) is 6.07 Å². The first-order valence-electron chi connectivity index (χ1n) is 12.2. The molecule has 0 unspecified atom stereocenters. The fraction of sp³-hybridized carbons (Fsp3) is 0.625. The molecule has 12 heteroatoms. The average Bonchev–Trinajstić information content (AvgIpc) is 2.83. The Kier molecular flexibility index (Phi) is 7.64. The lowest BCUT2D eigenvalue weighted by Crippen LogP contribution is -2.70. The zero-order valence-electron chi connectivity index (χ0n) is 19.8. The highest BCUT2D eigenvalue weighted by atomic mass is 35.5. The highest BCUT2D eigenvalue weighted by molar-refractivity contribution is 6.30. The Bertz CT molecular complexity index is 1070. The number of alkyl halides is 2. The van der Waals surface area contributed by atoms with E-state index in [4.69, 9.17) is 11.6 Å². The SMILES string of the molecule is C[C@H](Nc1cncc(Cl)c1)C(=O)N1[C@H]2CC[C@@H]([C@H]1C(=O)N[C@H](C#N)C[C@H]1CCCNC1=O)C(F)(F)C2. The number of piperidine rings is 3. The fourth-order valence-corrected chi connectivity index (χ4v) is 5.77. The number of rotatable bonds is 7. The van der Waals surface area contributed by atoms with Crippen LogP contribution in [0.3, 0.4) is 0 Å². The highest BCUT2D eigenvalue weighted by Gasteiger charge is 2.60. The summed E-state index contributed by atoms with van der Waals surface area (Å²) in [6.45, 7) is 2.14. The number of aromatic nitrogens is 1. The van der Waals surface area contributed by atoms with E-state index in [1.54, 1.807) is 13.0 Å². The molecule has 2 bridgehead atoms.